The van der Waals surface area contributed by atoms with Gasteiger partial charge in [-0.3, -0.25) is 4.79 Å². The second-order valence-corrected chi connectivity index (χ2v) is 3.42. The van der Waals surface area contributed by atoms with E-state index >= 15 is 0 Å². The van der Waals surface area contributed by atoms with Crippen LogP contribution >= 0.6 is 11.3 Å². The number of amides is 1. The van der Waals surface area contributed by atoms with Gasteiger partial charge in [-0.25, -0.2) is 0 Å². The molecule has 1 atom stereocenters. The molecule has 0 saturated carbocycles. The number of carbonyl (C=O) groups is 1. The van der Waals surface area contributed by atoms with Crippen molar-refractivity contribution >= 4 is 17.2 Å². The van der Waals surface area contributed by atoms with Gasteiger partial charge in [0.2, 0.25) is 5.91 Å². The molecule has 2 nitrogen and oxygen atoms in total. The van der Waals surface area contributed by atoms with E-state index in [0.29, 0.717) is 0 Å². The molecule has 0 bridgehead atoms. The van der Waals surface area contributed by atoms with E-state index in [4.69, 9.17) is 0 Å². The zero-order valence-corrected chi connectivity index (χ0v) is 7.44. The third kappa shape index (κ3) is 2.35. The third-order valence-electron chi connectivity index (χ3n) is 1.39. The van der Waals surface area contributed by atoms with Crippen LogP contribution in [-0.4, -0.2) is 5.91 Å². The number of nitrogens with one attached hydrogen (secondary N) is 1. The second kappa shape index (κ2) is 3.53. The highest BCUT2D eigenvalue weighted by atomic mass is 32.1. The molecule has 0 spiro atoms. The molecule has 60 valence electrons. The summed E-state index contributed by atoms with van der Waals surface area (Å²) in [5.74, 6) is 0.0194. The lowest BCUT2D eigenvalue weighted by atomic mass is 10.3. The molecule has 0 aliphatic carbocycles. The first-order valence-corrected chi connectivity index (χ1v) is 4.38. The predicted molar refractivity (Wildman–Crippen MR) is 46.6 cm³/mol. The molecular formula is C8H11NOS. The van der Waals surface area contributed by atoms with Gasteiger partial charge in [-0.15, -0.1) is 11.3 Å². The molecule has 11 heavy (non-hydrogen) atoms. The fraction of sp³-hybridized carbons (Fsp3) is 0.375. The van der Waals surface area contributed by atoms with Crippen LogP contribution < -0.4 is 5.32 Å². The maximum atomic E-state index is 10.6. The van der Waals surface area contributed by atoms with Gasteiger partial charge in [-0.1, -0.05) is 6.07 Å². The first-order valence-electron chi connectivity index (χ1n) is 3.50. The van der Waals surface area contributed by atoms with Crippen molar-refractivity contribution in [2.45, 2.75) is 19.9 Å². The van der Waals surface area contributed by atoms with Gasteiger partial charge in [0, 0.05) is 11.8 Å². The molecule has 1 rings (SSSR count). The van der Waals surface area contributed by atoms with Gasteiger partial charge < -0.3 is 5.32 Å². The number of carbonyl (C=O) groups excluding carboxylic acids is 1. The lowest BCUT2D eigenvalue weighted by Gasteiger charge is -2.08. The highest BCUT2D eigenvalue weighted by molar-refractivity contribution is 7.10. The van der Waals surface area contributed by atoms with Crippen LogP contribution in [0, 0.1) is 0 Å². The van der Waals surface area contributed by atoms with Crippen molar-refractivity contribution in [3.05, 3.63) is 22.4 Å². The number of hydrogen-bond acceptors (Lipinski definition) is 2. The molecule has 1 unspecified atom stereocenters. The molecule has 0 saturated heterocycles. The standard InChI is InChI=1S/C8H11NOS/c1-6(9-7(2)10)8-4-3-5-11-8/h3-6H,1-2H3,(H,9,10). The Kier molecular flexibility index (Phi) is 2.65. The predicted octanol–water partition coefficient (Wildman–Crippen LogP) is 1.95. The number of hydrogen-bond donors (Lipinski definition) is 1. The Morgan fingerprint density at radius 2 is 2.45 bits per heavy atom. The molecule has 1 aromatic rings. The zero-order chi connectivity index (χ0) is 8.27. The number of rotatable bonds is 2. The van der Waals surface area contributed by atoms with Crippen LogP contribution in [0.1, 0.15) is 24.8 Å². The minimum atomic E-state index is 0.0194. The SMILES string of the molecule is CC(=O)NC(C)c1cccs1. The van der Waals surface area contributed by atoms with Crippen molar-refractivity contribution < 1.29 is 4.79 Å². The smallest absolute Gasteiger partial charge is 0.217 e. The van der Waals surface area contributed by atoms with E-state index < -0.39 is 0 Å². The quantitative estimate of drug-likeness (QED) is 0.720. The van der Waals surface area contributed by atoms with Crippen molar-refractivity contribution in [1.82, 2.24) is 5.32 Å². The molecule has 1 aromatic heterocycles. The first kappa shape index (κ1) is 8.27. The minimum absolute atomic E-state index is 0.0194. The van der Waals surface area contributed by atoms with Crippen LogP contribution in [0.25, 0.3) is 0 Å². The fourth-order valence-electron chi connectivity index (χ4n) is 0.914. The van der Waals surface area contributed by atoms with Gasteiger partial charge in [0.25, 0.3) is 0 Å². The summed E-state index contributed by atoms with van der Waals surface area (Å²) in [6, 6.07) is 4.15. The largest absolute Gasteiger partial charge is 0.349 e. The van der Waals surface area contributed by atoms with Gasteiger partial charge in [-0.2, -0.15) is 0 Å². The van der Waals surface area contributed by atoms with E-state index in [9.17, 15) is 4.79 Å². The van der Waals surface area contributed by atoms with Gasteiger partial charge in [0.1, 0.15) is 0 Å². The average molecular weight is 169 g/mol. The van der Waals surface area contributed by atoms with Crippen LogP contribution in [0.15, 0.2) is 17.5 Å². The van der Waals surface area contributed by atoms with E-state index in [2.05, 4.69) is 5.32 Å². The molecule has 1 amide bonds. The Morgan fingerprint density at radius 3 is 2.91 bits per heavy atom. The fourth-order valence-corrected chi connectivity index (χ4v) is 1.65. The summed E-state index contributed by atoms with van der Waals surface area (Å²) >= 11 is 1.66. The Labute approximate surface area is 70.2 Å². The molecule has 1 N–H and O–H groups in total. The lowest BCUT2D eigenvalue weighted by molar-refractivity contribution is -0.119. The second-order valence-electron chi connectivity index (χ2n) is 2.44. The van der Waals surface area contributed by atoms with Gasteiger partial charge in [-0.05, 0) is 18.4 Å². The monoisotopic (exact) mass is 169 g/mol. The molecule has 0 aromatic carbocycles. The molecule has 3 heteroatoms. The Balaban J connectivity index is 2.56. The first-order chi connectivity index (χ1) is 5.20. The van der Waals surface area contributed by atoms with E-state index in [1.54, 1.807) is 11.3 Å². The maximum absolute atomic E-state index is 10.6. The average Bonchev–Trinajstić information content (AvgIpc) is 2.35. The zero-order valence-electron chi connectivity index (χ0n) is 6.63. The third-order valence-corrected chi connectivity index (χ3v) is 2.44. The van der Waals surface area contributed by atoms with E-state index in [0.717, 1.165) is 0 Å². The van der Waals surface area contributed by atoms with Crippen LogP contribution in [-0.2, 0) is 4.79 Å². The van der Waals surface area contributed by atoms with Gasteiger partial charge in [0.15, 0.2) is 0 Å². The van der Waals surface area contributed by atoms with E-state index in [1.807, 2.05) is 24.4 Å². The molecule has 0 fully saturated rings. The van der Waals surface area contributed by atoms with Crippen molar-refractivity contribution in [1.29, 1.82) is 0 Å². The number of thiophene rings is 1. The Hall–Kier alpha value is -0.830. The molecule has 0 aliphatic rings. The topological polar surface area (TPSA) is 29.1 Å². The summed E-state index contributed by atoms with van der Waals surface area (Å²) in [6.07, 6.45) is 0. The molecule has 0 aliphatic heterocycles. The molecular weight excluding hydrogens is 158 g/mol. The van der Waals surface area contributed by atoms with Crippen molar-refractivity contribution in [2.24, 2.45) is 0 Å². The summed E-state index contributed by atoms with van der Waals surface area (Å²) in [4.78, 5) is 11.8. The van der Waals surface area contributed by atoms with Crippen molar-refractivity contribution in [3.8, 4) is 0 Å². The lowest BCUT2D eigenvalue weighted by Crippen LogP contribution is -2.22. The summed E-state index contributed by atoms with van der Waals surface area (Å²) in [7, 11) is 0. The molecule has 0 radical (unpaired) electrons. The van der Waals surface area contributed by atoms with Crippen LogP contribution in [0.4, 0.5) is 0 Å². The van der Waals surface area contributed by atoms with Crippen LogP contribution in [0.2, 0.25) is 0 Å². The summed E-state index contributed by atoms with van der Waals surface area (Å²) in [5.41, 5.74) is 0. The molecule has 1 heterocycles. The highest BCUT2D eigenvalue weighted by Crippen LogP contribution is 2.17. The van der Waals surface area contributed by atoms with E-state index in [-0.39, 0.29) is 11.9 Å². The minimum Gasteiger partial charge on any atom is -0.349 e. The summed E-state index contributed by atoms with van der Waals surface area (Å²) < 4.78 is 0. The summed E-state index contributed by atoms with van der Waals surface area (Å²) in [5, 5.41) is 4.82. The Bertz CT molecular complexity index is 230. The highest BCUT2D eigenvalue weighted by Gasteiger charge is 2.05. The maximum Gasteiger partial charge on any atom is 0.217 e. The van der Waals surface area contributed by atoms with E-state index in [1.165, 1.54) is 11.8 Å². The van der Waals surface area contributed by atoms with Crippen molar-refractivity contribution in [2.75, 3.05) is 0 Å². The summed E-state index contributed by atoms with van der Waals surface area (Å²) in [6.45, 7) is 3.51. The normalized spacial score (nSPS) is 12.5. The van der Waals surface area contributed by atoms with Gasteiger partial charge in [0.05, 0.1) is 6.04 Å². The van der Waals surface area contributed by atoms with Crippen molar-refractivity contribution in [3.63, 3.8) is 0 Å². The van der Waals surface area contributed by atoms with Gasteiger partial charge >= 0.3 is 0 Å². The van der Waals surface area contributed by atoms with Crippen LogP contribution in [0.5, 0.6) is 0 Å². The van der Waals surface area contributed by atoms with Crippen LogP contribution in [0.3, 0.4) is 0 Å². The Morgan fingerprint density at radius 1 is 1.73 bits per heavy atom.